The van der Waals surface area contributed by atoms with Gasteiger partial charge in [0, 0.05) is 14.1 Å². The maximum Gasteiger partial charge on any atom is 0.254 e. The lowest BCUT2D eigenvalue weighted by Gasteiger charge is -2.36. The molecular formula is C36H41NO6. The molecule has 4 rings (SSSR count). The second-order valence-corrected chi connectivity index (χ2v) is 10.5. The number of likely N-dealkylation sites (N-methyl/N-ethyl adjacent to an activating group) is 1. The molecule has 4 atom stereocenters. The van der Waals surface area contributed by atoms with E-state index in [1.165, 1.54) is 4.90 Å². The van der Waals surface area contributed by atoms with Crippen molar-refractivity contribution in [2.24, 2.45) is 0 Å². The largest absolute Gasteiger partial charge is 0.388 e. The van der Waals surface area contributed by atoms with Gasteiger partial charge in [-0.25, -0.2) is 0 Å². The zero-order valence-electron chi connectivity index (χ0n) is 24.8. The SMILES string of the molecule is CN(C)C(=O)C(OCc1ccccc1)C(OCc1ccccc1)C(OCc1ccccc1)C(O)COCc1ccccc1. The molecule has 4 aromatic carbocycles. The van der Waals surface area contributed by atoms with Crippen molar-refractivity contribution in [3.63, 3.8) is 0 Å². The molecule has 0 heterocycles. The first kappa shape index (κ1) is 32.1. The molecule has 0 radical (unpaired) electrons. The van der Waals surface area contributed by atoms with Crippen LogP contribution in [0.2, 0.25) is 0 Å². The van der Waals surface area contributed by atoms with Gasteiger partial charge < -0.3 is 29.0 Å². The number of aliphatic hydroxyl groups is 1. The van der Waals surface area contributed by atoms with Crippen molar-refractivity contribution in [2.75, 3.05) is 20.7 Å². The van der Waals surface area contributed by atoms with Crippen LogP contribution in [0.3, 0.4) is 0 Å². The van der Waals surface area contributed by atoms with Gasteiger partial charge in [0.1, 0.15) is 18.3 Å². The number of amides is 1. The van der Waals surface area contributed by atoms with E-state index in [-0.39, 0.29) is 32.3 Å². The Morgan fingerprint density at radius 1 is 0.581 bits per heavy atom. The smallest absolute Gasteiger partial charge is 0.254 e. The van der Waals surface area contributed by atoms with Gasteiger partial charge in [0.05, 0.1) is 33.0 Å². The molecule has 1 N–H and O–H groups in total. The summed E-state index contributed by atoms with van der Waals surface area (Å²) in [4.78, 5) is 15.1. The molecule has 0 spiro atoms. The number of ether oxygens (including phenoxy) is 4. The molecule has 1 amide bonds. The summed E-state index contributed by atoms with van der Waals surface area (Å²) in [5.74, 6) is -0.292. The molecule has 0 bridgehead atoms. The Bertz CT molecular complexity index is 1320. The van der Waals surface area contributed by atoms with Crippen LogP contribution in [-0.4, -0.2) is 61.0 Å². The summed E-state index contributed by atoms with van der Waals surface area (Å²) in [6.45, 7) is 0.876. The molecular weight excluding hydrogens is 542 g/mol. The lowest BCUT2D eigenvalue weighted by molar-refractivity contribution is -0.195. The van der Waals surface area contributed by atoms with E-state index in [0.29, 0.717) is 6.61 Å². The van der Waals surface area contributed by atoms with Crippen molar-refractivity contribution in [2.45, 2.75) is 50.8 Å². The lowest BCUT2D eigenvalue weighted by Crippen LogP contribution is -2.54. The predicted octanol–water partition coefficient (Wildman–Crippen LogP) is 5.41. The fraction of sp³-hybridized carbons (Fsp3) is 0.306. The van der Waals surface area contributed by atoms with Crippen LogP contribution >= 0.6 is 0 Å². The van der Waals surface area contributed by atoms with Crippen molar-refractivity contribution >= 4 is 5.91 Å². The Balaban J connectivity index is 1.62. The molecule has 0 aromatic heterocycles. The number of hydrogen-bond donors (Lipinski definition) is 1. The molecule has 0 fully saturated rings. The molecule has 226 valence electrons. The number of rotatable bonds is 17. The van der Waals surface area contributed by atoms with Crippen LogP contribution in [-0.2, 0) is 50.2 Å². The zero-order chi connectivity index (χ0) is 30.3. The van der Waals surface area contributed by atoms with Gasteiger partial charge in [0.25, 0.3) is 5.91 Å². The predicted molar refractivity (Wildman–Crippen MR) is 166 cm³/mol. The average Bonchev–Trinajstić information content (AvgIpc) is 3.05. The third-order valence-electron chi connectivity index (χ3n) is 6.93. The van der Waals surface area contributed by atoms with Crippen molar-refractivity contribution in [3.05, 3.63) is 144 Å². The second kappa shape index (κ2) is 17.3. The Morgan fingerprint density at radius 3 is 1.37 bits per heavy atom. The Labute approximate surface area is 254 Å². The summed E-state index contributed by atoms with van der Waals surface area (Å²) in [5.41, 5.74) is 3.74. The molecule has 7 nitrogen and oxygen atoms in total. The Hall–Kier alpha value is -3.85. The van der Waals surface area contributed by atoms with E-state index in [2.05, 4.69) is 0 Å². The van der Waals surface area contributed by atoms with E-state index in [1.807, 2.05) is 121 Å². The first-order valence-electron chi connectivity index (χ1n) is 14.5. The van der Waals surface area contributed by atoms with Gasteiger partial charge in [0.15, 0.2) is 6.10 Å². The zero-order valence-corrected chi connectivity index (χ0v) is 24.8. The number of benzene rings is 4. The summed E-state index contributed by atoms with van der Waals surface area (Å²) in [7, 11) is 3.35. The van der Waals surface area contributed by atoms with E-state index >= 15 is 0 Å². The number of nitrogens with zero attached hydrogens (tertiary/aromatic N) is 1. The molecule has 43 heavy (non-hydrogen) atoms. The number of carbonyl (C=O) groups is 1. The van der Waals surface area contributed by atoms with Gasteiger partial charge in [-0.1, -0.05) is 121 Å². The van der Waals surface area contributed by atoms with E-state index < -0.39 is 24.4 Å². The maximum absolute atomic E-state index is 13.7. The van der Waals surface area contributed by atoms with Gasteiger partial charge >= 0.3 is 0 Å². The fourth-order valence-electron chi connectivity index (χ4n) is 4.60. The fourth-order valence-corrected chi connectivity index (χ4v) is 4.60. The van der Waals surface area contributed by atoms with E-state index in [0.717, 1.165) is 22.3 Å². The molecule has 4 unspecified atom stereocenters. The van der Waals surface area contributed by atoms with Gasteiger partial charge in [0.2, 0.25) is 0 Å². The molecule has 0 aliphatic heterocycles. The summed E-state index contributed by atoms with van der Waals surface area (Å²) < 4.78 is 25.1. The number of aliphatic hydroxyl groups excluding tert-OH is 1. The Morgan fingerprint density at radius 2 is 0.953 bits per heavy atom. The number of carbonyl (C=O) groups excluding carboxylic acids is 1. The highest BCUT2D eigenvalue weighted by Gasteiger charge is 2.41. The van der Waals surface area contributed by atoms with Crippen LogP contribution in [0.25, 0.3) is 0 Å². The van der Waals surface area contributed by atoms with Gasteiger partial charge in [-0.2, -0.15) is 0 Å². The molecule has 0 saturated carbocycles. The van der Waals surface area contributed by atoms with Crippen molar-refractivity contribution in [3.8, 4) is 0 Å². The first-order chi connectivity index (χ1) is 21.0. The van der Waals surface area contributed by atoms with Gasteiger partial charge in [-0.05, 0) is 22.3 Å². The maximum atomic E-state index is 13.7. The topological polar surface area (TPSA) is 77.5 Å². The molecule has 4 aromatic rings. The minimum Gasteiger partial charge on any atom is -0.388 e. The third-order valence-corrected chi connectivity index (χ3v) is 6.93. The monoisotopic (exact) mass is 583 g/mol. The van der Waals surface area contributed by atoms with Crippen molar-refractivity contribution in [1.82, 2.24) is 4.90 Å². The van der Waals surface area contributed by atoms with Crippen LogP contribution < -0.4 is 0 Å². The molecule has 0 saturated heterocycles. The summed E-state index contributed by atoms with van der Waals surface area (Å²) in [5, 5.41) is 11.6. The Kier molecular flexibility index (Phi) is 12.9. The van der Waals surface area contributed by atoms with Gasteiger partial charge in [-0.15, -0.1) is 0 Å². The third kappa shape index (κ3) is 10.4. The standard InChI is InChI=1S/C36H41NO6/c1-37(2)36(39)35(43-26-31-21-13-6-14-22-31)34(42-25-30-19-11-5-12-20-30)33(41-24-29-17-9-4-10-18-29)32(38)27-40-23-28-15-7-3-8-16-28/h3-22,32-35,38H,23-27H2,1-2H3. The van der Waals surface area contributed by atoms with Crippen LogP contribution in [0, 0.1) is 0 Å². The summed E-state index contributed by atoms with van der Waals surface area (Å²) >= 11 is 0. The normalized spacial score (nSPS) is 14.0. The van der Waals surface area contributed by atoms with Crippen LogP contribution in [0.5, 0.6) is 0 Å². The summed E-state index contributed by atoms with van der Waals surface area (Å²) in [6.07, 6.45) is -4.10. The van der Waals surface area contributed by atoms with Crippen LogP contribution in [0.4, 0.5) is 0 Å². The summed E-state index contributed by atoms with van der Waals surface area (Å²) in [6, 6.07) is 38.8. The van der Waals surface area contributed by atoms with E-state index in [4.69, 9.17) is 18.9 Å². The average molecular weight is 584 g/mol. The highest BCUT2D eigenvalue weighted by molar-refractivity contribution is 5.81. The van der Waals surface area contributed by atoms with E-state index in [1.54, 1.807) is 14.1 Å². The van der Waals surface area contributed by atoms with E-state index in [9.17, 15) is 9.90 Å². The van der Waals surface area contributed by atoms with Crippen molar-refractivity contribution < 1.29 is 28.8 Å². The van der Waals surface area contributed by atoms with Gasteiger partial charge in [-0.3, -0.25) is 4.79 Å². The first-order valence-corrected chi connectivity index (χ1v) is 14.5. The minimum absolute atomic E-state index is 0.0267. The second-order valence-electron chi connectivity index (χ2n) is 10.5. The highest BCUT2D eigenvalue weighted by Crippen LogP contribution is 2.23. The quantitative estimate of drug-likeness (QED) is 0.179. The van der Waals surface area contributed by atoms with Crippen LogP contribution in [0.1, 0.15) is 22.3 Å². The number of hydrogen-bond acceptors (Lipinski definition) is 6. The lowest BCUT2D eigenvalue weighted by atomic mass is 10.0. The van der Waals surface area contributed by atoms with Crippen LogP contribution in [0.15, 0.2) is 121 Å². The molecule has 0 aliphatic rings. The highest BCUT2D eigenvalue weighted by atomic mass is 16.6. The van der Waals surface area contributed by atoms with Crippen molar-refractivity contribution in [1.29, 1.82) is 0 Å². The molecule has 7 heteroatoms. The minimum atomic E-state index is -1.12. The molecule has 0 aliphatic carbocycles.